The zero-order valence-electron chi connectivity index (χ0n) is 11.0. The molecular weight excluding hydrogens is 280 g/mol. The molecule has 1 aromatic carbocycles. The summed E-state index contributed by atoms with van der Waals surface area (Å²) in [7, 11) is 0. The molecule has 1 aliphatic carbocycles. The normalized spacial score (nSPS) is 32.4. The third-order valence-corrected chi connectivity index (χ3v) is 3.53. The monoisotopic (exact) mass is 296 g/mol. The summed E-state index contributed by atoms with van der Waals surface area (Å²) < 4.78 is 5.03. The van der Waals surface area contributed by atoms with Crippen LogP contribution in [0.15, 0.2) is 30.3 Å². The fraction of sp³-hybridized carbons (Fsp3) is 0.429. The van der Waals surface area contributed by atoms with E-state index in [4.69, 9.17) is 9.84 Å². The van der Waals surface area contributed by atoms with Gasteiger partial charge in [0, 0.05) is 12.8 Å². The van der Waals surface area contributed by atoms with Gasteiger partial charge in [0.25, 0.3) is 0 Å². The first-order valence-electron chi connectivity index (χ1n) is 6.41. The summed E-state index contributed by atoms with van der Waals surface area (Å²) in [5.74, 6) is -2.30. The van der Waals surface area contributed by atoms with Gasteiger partial charge < -0.3 is 25.2 Å². The van der Waals surface area contributed by atoms with E-state index in [2.05, 4.69) is 0 Å². The summed E-state index contributed by atoms with van der Waals surface area (Å²) >= 11 is 0. The van der Waals surface area contributed by atoms with E-state index in [0.29, 0.717) is 0 Å². The highest BCUT2D eigenvalue weighted by atomic mass is 16.6. The minimum atomic E-state index is -2.24. The molecule has 114 valence electrons. The maximum atomic E-state index is 11.9. The number of esters is 1. The predicted molar refractivity (Wildman–Crippen MR) is 69.5 cm³/mol. The van der Waals surface area contributed by atoms with E-state index in [9.17, 15) is 24.9 Å². The molecule has 7 heteroatoms. The number of rotatable bonds is 3. The molecule has 0 bridgehead atoms. The van der Waals surface area contributed by atoms with Gasteiger partial charge in [0.1, 0.15) is 12.2 Å². The number of benzene rings is 1. The standard InChI is InChI=1S/C14H16O7/c15-9-6-14(20,13(18)19)7-10(11(9)16)21-12(17)8-4-2-1-3-5-8/h1-5,9-11,15-16,20H,6-7H2,(H,18,19)/t9-,10-,11+,14-/m1/s1. The molecule has 7 nitrogen and oxygen atoms in total. The molecule has 1 aliphatic rings. The Balaban J connectivity index is 2.14. The van der Waals surface area contributed by atoms with Gasteiger partial charge in [0.15, 0.2) is 5.60 Å². The summed E-state index contributed by atoms with van der Waals surface area (Å²) in [6.45, 7) is 0. The molecule has 21 heavy (non-hydrogen) atoms. The van der Waals surface area contributed by atoms with E-state index in [1.165, 1.54) is 12.1 Å². The minimum Gasteiger partial charge on any atom is -0.479 e. The fourth-order valence-corrected chi connectivity index (χ4v) is 2.32. The van der Waals surface area contributed by atoms with E-state index < -0.39 is 48.7 Å². The number of hydrogen-bond acceptors (Lipinski definition) is 6. The van der Waals surface area contributed by atoms with Crippen LogP contribution in [-0.2, 0) is 9.53 Å². The summed E-state index contributed by atoms with van der Waals surface area (Å²) in [6.07, 6.45) is -5.25. The molecule has 0 aliphatic heterocycles. The molecular formula is C14H16O7. The van der Waals surface area contributed by atoms with Crippen molar-refractivity contribution in [2.24, 2.45) is 0 Å². The zero-order valence-corrected chi connectivity index (χ0v) is 11.0. The van der Waals surface area contributed by atoms with Gasteiger partial charge in [-0.15, -0.1) is 0 Å². The Morgan fingerprint density at radius 3 is 2.33 bits per heavy atom. The Morgan fingerprint density at radius 2 is 1.76 bits per heavy atom. The van der Waals surface area contributed by atoms with Gasteiger partial charge in [0.05, 0.1) is 11.7 Å². The SMILES string of the molecule is O=C(O[C@@H]1C[C@@](O)(C(=O)O)C[C@@H](O)[C@@H]1O)c1ccccc1. The van der Waals surface area contributed by atoms with Crippen LogP contribution in [0, 0.1) is 0 Å². The highest BCUT2D eigenvalue weighted by molar-refractivity contribution is 5.89. The molecule has 0 unspecified atom stereocenters. The molecule has 0 heterocycles. The Morgan fingerprint density at radius 1 is 1.14 bits per heavy atom. The lowest BCUT2D eigenvalue weighted by molar-refractivity contribution is -0.187. The van der Waals surface area contributed by atoms with Gasteiger partial charge in [-0.25, -0.2) is 9.59 Å². The first-order chi connectivity index (χ1) is 9.83. The van der Waals surface area contributed by atoms with Crippen LogP contribution in [-0.4, -0.2) is 56.3 Å². The number of hydrogen-bond donors (Lipinski definition) is 4. The van der Waals surface area contributed by atoms with Crippen molar-refractivity contribution in [1.82, 2.24) is 0 Å². The summed E-state index contributed by atoms with van der Waals surface area (Å²) in [5.41, 5.74) is -2.01. The van der Waals surface area contributed by atoms with Crippen molar-refractivity contribution in [1.29, 1.82) is 0 Å². The minimum absolute atomic E-state index is 0.226. The number of carbonyl (C=O) groups excluding carboxylic acids is 1. The van der Waals surface area contributed by atoms with Gasteiger partial charge in [-0.05, 0) is 12.1 Å². The molecule has 4 atom stereocenters. The van der Waals surface area contributed by atoms with Crippen molar-refractivity contribution >= 4 is 11.9 Å². The van der Waals surface area contributed by atoms with Gasteiger partial charge in [-0.3, -0.25) is 0 Å². The molecule has 2 rings (SSSR count). The van der Waals surface area contributed by atoms with Crippen LogP contribution in [0.4, 0.5) is 0 Å². The summed E-state index contributed by atoms with van der Waals surface area (Å²) in [4.78, 5) is 22.9. The van der Waals surface area contributed by atoms with E-state index in [1.807, 2.05) is 0 Å². The van der Waals surface area contributed by atoms with Crippen LogP contribution in [0.1, 0.15) is 23.2 Å². The van der Waals surface area contributed by atoms with Crippen molar-refractivity contribution in [2.45, 2.75) is 36.8 Å². The summed E-state index contributed by atoms with van der Waals surface area (Å²) in [5, 5.41) is 38.4. The van der Waals surface area contributed by atoms with Crippen molar-refractivity contribution in [3.63, 3.8) is 0 Å². The maximum absolute atomic E-state index is 11.9. The molecule has 0 radical (unpaired) electrons. The van der Waals surface area contributed by atoms with E-state index >= 15 is 0 Å². The van der Waals surface area contributed by atoms with E-state index in [0.717, 1.165) is 0 Å². The first kappa shape index (κ1) is 15.4. The average Bonchev–Trinajstić information content (AvgIpc) is 2.45. The number of carboxylic acids is 1. The van der Waals surface area contributed by atoms with Crippen LogP contribution in [0.25, 0.3) is 0 Å². The lowest BCUT2D eigenvalue weighted by atomic mass is 9.79. The van der Waals surface area contributed by atoms with Crippen molar-refractivity contribution in [2.75, 3.05) is 0 Å². The van der Waals surface area contributed by atoms with E-state index in [1.54, 1.807) is 18.2 Å². The van der Waals surface area contributed by atoms with Crippen molar-refractivity contribution < 1.29 is 34.8 Å². The van der Waals surface area contributed by atoms with E-state index in [-0.39, 0.29) is 5.56 Å². The molecule has 0 saturated heterocycles. The Hall–Kier alpha value is -1.96. The molecule has 1 fully saturated rings. The molecule has 1 saturated carbocycles. The highest BCUT2D eigenvalue weighted by Gasteiger charge is 2.50. The van der Waals surface area contributed by atoms with Gasteiger partial charge >= 0.3 is 11.9 Å². The van der Waals surface area contributed by atoms with Crippen LogP contribution in [0.3, 0.4) is 0 Å². The zero-order chi connectivity index (χ0) is 15.6. The number of carboxylic acid groups (broad SMARTS) is 1. The molecule has 0 spiro atoms. The van der Waals surface area contributed by atoms with Crippen LogP contribution < -0.4 is 0 Å². The Labute approximate surface area is 120 Å². The average molecular weight is 296 g/mol. The Kier molecular flexibility index (Phi) is 4.26. The van der Waals surface area contributed by atoms with Crippen LogP contribution in [0.2, 0.25) is 0 Å². The van der Waals surface area contributed by atoms with Crippen molar-refractivity contribution in [3.05, 3.63) is 35.9 Å². The number of aliphatic hydroxyl groups is 3. The lowest BCUT2D eigenvalue weighted by Crippen LogP contribution is -2.57. The van der Waals surface area contributed by atoms with Crippen LogP contribution in [0.5, 0.6) is 0 Å². The van der Waals surface area contributed by atoms with Crippen molar-refractivity contribution in [3.8, 4) is 0 Å². The number of aliphatic carboxylic acids is 1. The first-order valence-corrected chi connectivity index (χ1v) is 6.41. The highest BCUT2D eigenvalue weighted by Crippen LogP contribution is 2.31. The van der Waals surface area contributed by atoms with Crippen LogP contribution >= 0.6 is 0 Å². The predicted octanol–water partition coefficient (Wildman–Crippen LogP) is -0.457. The lowest BCUT2D eigenvalue weighted by Gasteiger charge is -2.39. The smallest absolute Gasteiger partial charge is 0.338 e. The number of carbonyl (C=O) groups is 2. The van der Waals surface area contributed by atoms with Gasteiger partial charge in [-0.1, -0.05) is 18.2 Å². The Bertz CT molecular complexity index is 529. The summed E-state index contributed by atoms with van der Waals surface area (Å²) in [6, 6.07) is 7.94. The second-order valence-electron chi connectivity index (χ2n) is 5.11. The van der Waals surface area contributed by atoms with Gasteiger partial charge in [0.2, 0.25) is 0 Å². The number of aliphatic hydroxyl groups excluding tert-OH is 2. The molecule has 4 N–H and O–H groups in total. The second-order valence-corrected chi connectivity index (χ2v) is 5.11. The molecule has 1 aromatic rings. The number of ether oxygens (including phenoxy) is 1. The second kappa shape index (κ2) is 5.80. The molecule has 0 aromatic heterocycles. The fourth-order valence-electron chi connectivity index (χ4n) is 2.32. The maximum Gasteiger partial charge on any atom is 0.338 e. The van der Waals surface area contributed by atoms with Gasteiger partial charge in [-0.2, -0.15) is 0 Å². The third kappa shape index (κ3) is 3.21. The quantitative estimate of drug-likeness (QED) is 0.556. The third-order valence-electron chi connectivity index (χ3n) is 3.53. The topological polar surface area (TPSA) is 124 Å². The molecule has 0 amide bonds. The largest absolute Gasteiger partial charge is 0.479 e.